The molecule has 1 heterocycles. The van der Waals surface area contributed by atoms with Gasteiger partial charge in [-0.2, -0.15) is 8.78 Å². The van der Waals surface area contributed by atoms with Crippen LogP contribution >= 0.6 is 0 Å². The standard InChI is InChI=1S/C8H9F2NO2/c1-2-3-11-5-6-4-8(9,10)7(12)13-6/h1,6,11H,3-5H2. The van der Waals surface area contributed by atoms with Crippen LogP contribution in [0.5, 0.6) is 0 Å². The van der Waals surface area contributed by atoms with Gasteiger partial charge in [0.1, 0.15) is 6.10 Å². The molecule has 1 aliphatic heterocycles. The SMILES string of the molecule is C#CCNCC1CC(F)(F)C(=O)O1. The van der Waals surface area contributed by atoms with Gasteiger partial charge in [0.25, 0.3) is 0 Å². The Bertz CT molecular complexity index is 247. The summed E-state index contributed by atoms with van der Waals surface area (Å²) in [6.07, 6.45) is 3.59. The lowest BCUT2D eigenvalue weighted by Gasteiger charge is -2.06. The summed E-state index contributed by atoms with van der Waals surface area (Å²) >= 11 is 0. The van der Waals surface area contributed by atoms with Crippen molar-refractivity contribution < 1.29 is 18.3 Å². The lowest BCUT2D eigenvalue weighted by atomic mass is 10.2. The van der Waals surface area contributed by atoms with Gasteiger partial charge in [-0.15, -0.1) is 6.42 Å². The zero-order valence-electron chi connectivity index (χ0n) is 6.85. The third-order valence-corrected chi connectivity index (χ3v) is 1.66. The second-order valence-electron chi connectivity index (χ2n) is 2.77. The smallest absolute Gasteiger partial charge is 0.377 e. The third kappa shape index (κ3) is 2.39. The van der Waals surface area contributed by atoms with Crippen LogP contribution in [0, 0.1) is 12.3 Å². The Hall–Kier alpha value is -1.15. The first-order valence-corrected chi connectivity index (χ1v) is 3.79. The highest BCUT2D eigenvalue weighted by Crippen LogP contribution is 2.30. The predicted octanol–water partition coefficient (Wildman–Crippen LogP) is 0.160. The fourth-order valence-electron chi connectivity index (χ4n) is 1.07. The van der Waals surface area contributed by atoms with Crippen LogP contribution in [0.1, 0.15) is 6.42 Å². The van der Waals surface area contributed by atoms with Gasteiger partial charge in [0, 0.05) is 6.54 Å². The van der Waals surface area contributed by atoms with Gasteiger partial charge in [0.2, 0.25) is 0 Å². The molecule has 0 bridgehead atoms. The predicted molar refractivity (Wildman–Crippen MR) is 41.1 cm³/mol. The van der Waals surface area contributed by atoms with Crippen molar-refractivity contribution in [3.8, 4) is 12.3 Å². The maximum Gasteiger partial charge on any atom is 0.377 e. The van der Waals surface area contributed by atoms with E-state index in [-0.39, 0.29) is 13.1 Å². The molecule has 0 radical (unpaired) electrons. The molecule has 1 aliphatic rings. The first kappa shape index (κ1) is 9.93. The van der Waals surface area contributed by atoms with E-state index in [1.807, 2.05) is 0 Å². The van der Waals surface area contributed by atoms with Crippen LogP contribution in [-0.4, -0.2) is 31.1 Å². The van der Waals surface area contributed by atoms with Gasteiger partial charge in [-0.1, -0.05) is 5.92 Å². The highest BCUT2D eigenvalue weighted by Gasteiger charge is 2.50. The van der Waals surface area contributed by atoms with E-state index in [0.29, 0.717) is 0 Å². The minimum absolute atomic E-state index is 0.172. The molecular formula is C8H9F2NO2. The lowest BCUT2D eigenvalue weighted by Crippen LogP contribution is -2.27. The van der Waals surface area contributed by atoms with E-state index in [2.05, 4.69) is 16.0 Å². The largest absolute Gasteiger partial charge is 0.456 e. The van der Waals surface area contributed by atoms with Crippen LogP contribution in [0.2, 0.25) is 0 Å². The monoisotopic (exact) mass is 189 g/mol. The minimum atomic E-state index is -3.33. The Morgan fingerprint density at radius 2 is 2.46 bits per heavy atom. The molecule has 3 nitrogen and oxygen atoms in total. The highest BCUT2D eigenvalue weighted by molar-refractivity contribution is 5.79. The van der Waals surface area contributed by atoms with Crippen LogP contribution in [0.25, 0.3) is 0 Å². The molecule has 0 amide bonds. The normalized spacial score (nSPS) is 25.3. The van der Waals surface area contributed by atoms with E-state index in [9.17, 15) is 13.6 Å². The summed E-state index contributed by atoms with van der Waals surface area (Å²) in [6, 6.07) is 0. The van der Waals surface area contributed by atoms with Gasteiger partial charge < -0.3 is 10.1 Å². The summed E-state index contributed by atoms with van der Waals surface area (Å²) in [5.41, 5.74) is 0. The number of alkyl halides is 2. The summed E-state index contributed by atoms with van der Waals surface area (Å²) in [6.45, 7) is 0.450. The number of halogens is 2. The van der Waals surface area contributed by atoms with Crippen molar-refractivity contribution in [2.75, 3.05) is 13.1 Å². The van der Waals surface area contributed by atoms with Gasteiger partial charge >= 0.3 is 11.9 Å². The van der Waals surface area contributed by atoms with Crippen LogP contribution in [0.15, 0.2) is 0 Å². The van der Waals surface area contributed by atoms with Gasteiger partial charge in [0.05, 0.1) is 13.0 Å². The molecule has 0 aromatic heterocycles. The number of hydrogen-bond acceptors (Lipinski definition) is 3. The van der Waals surface area contributed by atoms with E-state index >= 15 is 0 Å². The van der Waals surface area contributed by atoms with E-state index in [1.54, 1.807) is 0 Å². The van der Waals surface area contributed by atoms with Crippen LogP contribution < -0.4 is 5.32 Å². The van der Waals surface area contributed by atoms with Gasteiger partial charge in [-0.3, -0.25) is 0 Å². The zero-order chi connectivity index (χ0) is 9.90. The molecule has 72 valence electrons. The minimum Gasteiger partial charge on any atom is -0.456 e. The average molecular weight is 189 g/mol. The molecule has 5 heteroatoms. The Morgan fingerprint density at radius 1 is 1.77 bits per heavy atom. The fourth-order valence-corrected chi connectivity index (χ4v) is 1.07. The molecule has 0 aromatic carbocycles. The van der Waals surface area contributed by atoms with Crippen molar-refractivity contribution >= 4 is 5.97 Å². The number of esters is 1. The van der Waals surface area contributed by atoms with E-state index in [1.165, 1.54) is 0 Å². The summed E-state index contributed by atoms with van der Waals surface area (Å²) in [7, 11) is 0. The van der Waals surface area contributed by atoms with Crippen molar-refractivity contribution in [3.05, 3.63) is 0 Å². The van der Waals surface area contributed by atoms with Gasteiger partial charge in [-0.05, 0) is 0 Å². The quantitative estimate of drug-likeness (QED) is 0.390. The van der Waals surface area contributed by atoms with E-state index < -0.39 is 24.4 Å². The fraction of sp³-hybridized carbons (Fsp3) is 0.625. The third-order valence-electron chi connectivity index (χ3n) is 1.66. The van der Waals surface area contributed by atoms with Crippen molar-refractivity contribution in [1.29, 1.82) is 0 Å². The van der Waals surface area contributed by atoms with Crippen molar-refractivity contribution in [1.82, 2.24) is 5.32 Å². The number of carbonyl (C=O) groups is 1. The summed E-state index contributed by atoms with van der Waals surface area (Å²) in [5, 5.41) is 2.69. The van der Waals surface area contributed by atoms with Crippen molar-refractivity contribution in [3.63, 3.8) is 0 Å². The number of terminal acetylenes is 1. The Balaban J connectivity index is 2.33. The number of nitrogens with one attached hydrogen (secondary N) is 1. The molecule has 1 saturated heterocycles. The molecule has 1 rings (SSSR count). The second kappa shape index (κ2) is 3.71. The number of ether oxygens (including phenoxy) is 1. The van der Waals surface area contributed by atoms with Crippen molar-refractivity contribution in [2.45, 2.75) is 18.4 Å². The first-order valence-electron chi connectivity index (χ1n) is 3.79. The maximum atomic E-state index is 12.6. The topological polar surface area (TPSA) is 38.3 Å². The Kier molecular flexibility index (Phi) is 2.83. The summed E-state index contributed by atoms with van der Waals surface area (Å²) in [5.74, 6) is -2.49. The lowest BCUT2D eigenvalue weighted by molar-refractivity contribution is -0.158. The second-order valence-corrected chi connectivity index (χ2v) is 2.77. The molecule has 0 saturated carbocycles. The molecule has 13 heavy (non-hydrogen) atoms. The maximum absolute atomic E-state index is 12.6. The molecule has 1 unspecified atom stereocenters. The van der Waals surface area contributed by atoms with Crippen LogP contribution in [0.4, 0.5) is 8.78 Å². The molecule has 1 atom stereocenters. The van der Waals surface area contributed by atoms with E-state index in [0.717, 1.165) is 0 Å². The van der Waals surface area contributed by atoms with E-state index in [4.69, 9.17) is 6.42 Å². The number of hydrogen-bond donors (Lipinski definition) is 1. The number of carbonyl (C=O) groups excluding carboxylic acids is 1. The number of rotatable bonds is 3. The van der Waals surface area contributed by atoms with Gasteiger partial charge in [-0.25, -0.2) is 4.79 Å². The molecule has 1 N–H and O–H groups in total. The van der Waals surface area contributed by atoms with Crippen LogP contribution in [0.3, 0.4) is 0 Å². The summed E-state index contributed by atoms with van der Waals surface area (Å²) in [4.78, 5) is 10.5. The molecule has 1 fully saturated rings. The molecule has 0 spiro atoms. The Labute approximate surface area is 74.4 Å². The van der Waals surface area contributed by atoms with Crippen molar-refractivity contribution in [2.24, 2.45) is 0 Å². The highest BCUT2D eigenvalue weighted by atomic mass is 19.3. The zero-order valence-corrected chi connectivity index (χ0v) is 6.85. The van der Waals surface area contributed by atoms with Crippen LogP contribution in [-0.2, 0) is 9.53 Å². The number of cyclic esters (lactones) is 1. The molecular weight excluding hydrogens is 180 g/mol. The first-order chi connectivity index (χ1) is 6.06. The van der Waals surface area contributed by atoms with Gasteiger partial charge in [0.15, 0.2) is 0 Å². The average Bonchev–Trinajstić information content (AvgIpc) is 2.27. The summed E-state index contributed by atoms with van der Waals surface area (Å²) < 4.78 is 29.5. The Morgan fingerprint density at radius 3 is 2.92 bits per heavy atom. The molecule has 0 aliphatic carbocycles. The molecule has 0 aromatic rings.